The minimum absolute atomic E-state index is 0.258. The zero-order valence-corrected chi connectivity index (χ0v) is 6.42. The Labute approximate surface area is 63.1 Å². The van der Waals surface area contributed by atoms with Crippen LogP contribution in [0.1, 0.15) is 19.3 Å². The minimum atomic E-state index is 0.258. The molecule has 0 fully saturated rings. The molecule has 0 rings (SSSR count). The van der Waals surface area contributed by atoms with Gasteiger partial charge in [-0.2, -0.15) is 0 Å². The number of aliphatic hydroxyl groups is 1. The summed E-state index contributed by atoms with van der Waals surface area (Å²) >= 11 is 0. The second-order valence-electron chi connectivity index (χ2n) is 2.37. The van der Waals surface area contributed by atoms with Crippen LogP contribution in [0.15, 0.2) is 25.3 Å². The van der Waals surface area contributed by atoms with E-state index in [0.717, 1.165) is 19.3 Å². The minimum Gasteiger partial charge on any atom is -0.396 e. The molecule has 0 aliphatic heterocycles. The van der Waals surface area contributed by atoms with Crippen LogP contribution >= 0.6 is 0 Å². The maximum absolute atomic E-state index is 8.59. The average molecular weight is 140 g/mol. The maximum Gasteiger partial charge on any atom is 0.0436 e. The van der Waals surface area contributed by atoms with Crippen LogP contribution in [-0.4, -0.2) is 11.7 Å². The summed E-state index contributed by atoms with van der Waals surface area (Å²) in [4.78, 5) is 0. The van der Waals surface area contributed by atoms with E-state index in [1.807, 2.05) is 12.2 Å². The quantitative estimate of drug-likeness (QED) is 0.560. The van der Waals surface area contributed by atoms with Crippen LogP contribution in [0.4, 0.5) is 0 Å². The topological polar surface area (TPSA) is 20.2 Å². The van der Waals surface area contributed by atoms with E-state index in [0.29, 0.717) is 5.92 Å². The first-order valence-corrected chi connectivity index (χ1v) is 3.69. The van der Waals surface area contributed by atoms with Crippen molar-refractivity contribution in [2.45, 2.75) is 19.3 Å². The molecule has 0 aromatic rings. The van der Waals surface area contributed by atoms with E-state index in [4.69, 9.17) is 5.11 Å². The second kappa shape index (κ2) is 6.56. The molecular weight excluding hydrogens is 124 g/mol. The summed E-state index contributed by atoms with van der Waals surface area (Å²) < 4.78 is 0. The highest BCUT2D eigenvalue weighted by atomic mass is 16.3. The van der Waals surface area contributed by atoms with Gasteiger partial charge in [-0.3, -0.25) is 0 Å². The molecule has 0 saturated heterocycles. The first-order valence-electron chi connectivity index (χ1n) is 3.69. The molecule has 0 amide bonds. The van der Waals surface area contributed by atoms with Crippen molar-refractivity contribution in [1.29, 1.82) is 0 Å². The number of hydrogen-bond donors (Lipinski definition) is 1. The van der Waals surface area contributed by atoms with Crippen LogP contribution in [-0.2, 0) is 0 Å². The Hall–Kier alpha value is -0.560. The lowest BCUT2D eigenvalue weighted by molar-refractivity contribution is 0.267. The fraction of sp³-hybridized carbons (Fsp3) is 0.556. The summed E-state index contributed by atoms with van der Waals surface area (Å²) in [6.07, 6.45) is 6.70. The van der Waals surface area contributed by atoms with Gasteiger partial charge in [-0.05, 0) is 25.2 Å². The van der Waals surface area contributed by atoms with E-state index in [9.17, 15) is 0 Å². The lowest BCUT2D eigenvalue weighted by Crippen LogP contribution is -1.98. The first-order chi connectivity index (χ1) is 4.85. The Morgan fingerprint density at radius 3 is 2.40 bits per heavy atom. The van der Waals surface area contributed by atoms with Crippen LogP contribution in [0.5, 0.6) is 0 Å². The molecule has 0 aromatic heterocycles. The molecule has 0 bridgehead atoms. The van der Waals surface area contributed by atoms with Crippen LogP contribution in [0.2, 0.25) is 0 Å². The smallest absolute Gasteiger partial charge is 0.0436 e. The van der Waals surface area contributed by atoms with E-state index in [-0.39, 0.29) is 6.61 Å². The molecule has 0 aliphatic carbocycles. The van der Waals surface area contributed by atoms with Gasteiger partial charge in [0.2, 0.25) is 0 Å². The summed E-state index contributed by atoms with van der Waals surface area (Å²) in [7, 11) is 0. The zero-order valence-electron chi connectivity index (χ0n) is 6.42. The third-order valence-corrected chi connectivity index (χ3v) is 1.57. The zero-order chi connectivity index (χ0) is 7.82. The van der Waals surface area contributed by atoms with Gasteiger partial charge in [0.25, 0.3) is 0 Å². The van der Waals surface area contributed by atoms with Crippen molar-refractivity contribution in [2.24, 2.45) is 5.92 Å². The van der Waals surface area contributed by atoms with Gasteiger partial charge in [-0.15, -0.1) is 13.2 Å². The van der Waals surface area contributed by atoms with Gasteiger partial charge in [0.05, 0.1) is 0 Å². The van der Waals surface area contributed by atoms with Crippen LogP contribution in [0.3, 0.4) is 0 Å². The molecule has 58 valence electrons. The molecule has 1 unspecified atom stereocenters. The Kier molecular flexibility index (Phi) is 6.19. The Balaban J connectivity index is 3.38. The summed E-state index contributed by atoms with van der Waals surface area (Å²) in [5.74, 6) is 0.461. The van der Waals surface area contributed by atoms with Gasteiger partial charge in [-0.1, -0.05) is 12.2 Å². The molecule has 10 heavy (non-hydrogen) atoms. The predicted molar refractivity (Wildman–Crippen MR) is 44.8 cm³/mol. The van der Waals surface area contributed by atoms with Crippen molar-refractivity contribution >= 4 is 0 Å². The average Bonchev–Trinajstić information content (AvgIpc) is 1.98. The fourth-order valence-corrected chi connectivity index (χ4v) is 0.878. The van der Waals surface area contributed by atoms with E-state index < -0.39 is 0 Å². The van der Waals surface area contributed by atoms with Crippen LogP contribution in [0.25, 0.3) is 0 Å². The van der Waals surface area contributed by atoms with Gasteiger partial charge in [0, 0.05) is 6.61 Å². The first kappa shape index (κ1) is 9.44. The number of rotatable bonds is 6. The summed E-state index contributed by atoms with van der Waals surface area (Å²) in [5.41, 5.74) is 0. The van der Waals surface area contributed by atoms with E-state index in [2.05, 4.69) is 13.2 Å². The van der Waals surface area contributed by atoms with Crippen molar-refractivity contribution in [3.05, 3.63) is 25.3 Å². The van der Waals surface area contributed by atoms with Crippen molar-refractivity contribution < 1.29 is 5.11 Å². The highest BCUT2D eigenvalue weighted by molar-refractivity contribution is 4.81. The summed E-state index contributed by atoms with van der Waals surface area (Å²) in [5, 5.41) is 8.59. The molecule has 1 N–H and O–H groups in total. The molecule has 0 radical (unpaired) electrons. The molecule has 1 heteroatoms. The molecule has 1 atom stereocenters. The standard InChI is InChI=1S/C9H16O/c1-3-5-6-9(4-2)7-8-10/h3-4,9-10H,1-2,5-8H2. The Morgan fingerprint density at radius 1 is 1.30 bits per heavy atom. The van der Waals surface area contributed by atoms with Crippen molar-refractivity contribution in [2.75, 3.05) is 6.61 Å². The SMILES string of the molecule is C=CCCC(C=C)CCO. The number of hydrogen-bond acceptors (Lipinski definition) is 1. The second-order valence-corrected chi connectivity index (χ2v) is 2.37. The highest BCUT2D eigenvalue weighted by Gasteiger charge is 2.00. The normalized spacial score (nSPS) is 12.5. The molecule has 0 aliphatic rings. The summed E-state index contributed by atoms with van der Waals surface area (Å²) in [6.45, 7) is 7.58. The van der Waals surface area contributed by atoms with Gasteiger partial charge in [-0.25, -0.2) is 0 Å². The van der Waals surface area contributed by atoms with E-state index in [1.54, 1.807) is 0 Å². The third-order valence-electron chi connectivity index (χ3n) is 1.57. The van der Waals surface area contributed by atoms with Crippen molar-refractivity contribution in [3.63, 3.8) is 0 Å². The number of allylic oxidation sites excluding steroid dienone is 2. The molecular formula is C9H16O. The van der Waals surface area contributed by atoms with Gasteiger partial charge >= 0.3 is 0 Å². The van der Waals surface area contributed by atoms with Gasteiger partial charge < -0.3 is 5.11 Å². The predicted octanol–water partition coefficient (Wildman–Crippen LogP) is 2.14. The Morgan fingerprint density at radius 2 is 2.00 bits per heavy atom. The fourth-order valence-electron chi connectivity index (χ4n) is 0.878. The van der Waals surface area contributed by atoms with Gasteiger partial charge in [0.1, 0.15) is 0 Å². The molecule has 0 spiro atoms. The molecule has 0 heterocycles. The molecule has 0 saturated carbocycles. The molecule has 0 aromatic carbocycles. The number of aliphatic hydroxyl groups excluding tert-OH is 1. The monoisotopic (exact) mass is 140 g/mol. The van der Waals surface area contributed by atoms with Crippen LogP contribution < -0.4 is 0 Å². The lowest BCUT2D eigenvalue weighted by Gasteiger charge is -2.07. The lowest BCUT2D eigenvalue weighted by atomic mass is 10.0. The highest BCUT2D eigenvalue weighted by Crippen LogP contribution is 2.11. The largest absolute Gasteiger partial charge is 0.396 e. The maximum atomic E-state index is 8.59. The Bertz CT molecular complexity index is 96.9. The van der Waals surface area contributed by atoms with E-state index in [1.165, 1.54) is 0 Å². The summed E-state index contributed by atoms with van der Waals surface area (Å²) in [6, 6.07) is 0. The van der Waals surface area contributed by atoms with Gasteiger partial charge in [0.15, 0.2) is 0 Å². The molecule has 1 nitrogen and oxygen atoms in total. The van der Waals surface area contributed by atoms with Crippen molar-refractivity contribution in [1.82, 2.24) is 0 Å². The van der Waals surface area contributed by atoms with E-state index >= 15 is 0 Å². The van der Waals surface area contributed by atoms with Crippen molar-refractivity contribution in [3.8, 4) is 0 Å². The van der Waals surface area contributed by atoms with Crippen LogP contribution in [0, 0.1) is 5.92 Å². The third kappa shape index (κ3) is 4.33.